The van der Waals surface area contributed by atoms with Gasteiger partial charge in [-0.15, -0.1) is 0 Å². The number of nitrogens with two attached hydrogens (primary N) is 1. The van der Waals surface area contributed by atoms with Gasteiger partial charge in [0.1, 0.15) is 11.8 Å². The smallest absolute Gasteiger partial charge is 0.332 e. The third kappa shape index (κ3) is 9.75. The van der Waals surface area contributed by atoms with E-state index >= 15 is 0 Å². The Hall–Kier alpha value is -1.14. The summed E-state index contributed by atoms with van der Waals surface area (Å²) in [6.07, 6.45) is 0.731. The average molecular weight is 289 g/mol. The predicted octanol–water partition coefficient (Wildman–Crippen LogP) is 2.05. The highest BCUT2D eigenvalue weighted by Gasteiger charge is 2.22. The maximum atomic E-state index is 11.5. The van der Waals surface area contributed by atoms with Crippen molar-refractivity contribution in [2.75, 3.05) is 0 Å². The van der Waals surface area contributed by atoms with Gasteiger partial charge in [-0.1, -0.05) is 19.8 Å². The quantitative estimate of drug-likeness (QED) is 0.498. The fourth-order valence-corrected chi connectivity index (χ4v) is 1.57. The van der Waals surface area contributed by atoms with Gasteiger partial charge in [0.25, 0.3) is 0 Å². The fraction of sp³-hybridized carbons (Fsp3) is 0.857. The van der Waals surface area contributed by atoms with Gasteiger partial charge in [-0.25, -0.2) is 4.79 Å². The number of carboxylic acids is 1. The molecule has 0 amide bonds. The van der Waals surface area contributed by atoms with E-state index in [1.165, 1.54) is 0 Å². The van der Waals surface area contributed by atoms with Crippen molar-refractivity contribution in [3.8, 4) is 0 Å². The number of rotatable bonds is 9. The highest BCUT2D eigenvalue weighted by atomic mass is 16.6. The molecule has 0 heterocycles. The second-order valence-electron chi connectivity index (χ2n) is 5.77. The fourth-order valence-electron chi connectivity index (χ4n) is 1.57. The molecule has 20 heavy (non-hydrogen) atoms. The molecular weight excluding hydrogens is 262 g/mol. The summed E-state index contributed by atoms with van der Waals surface area (Å²) in [5.74, 6) is -1.39. The van der Waals surface area contributed by atoms with Gasteiger partial charge in [0.15, 0.2) is 6.10 Å². The molecule has 6 heteroatoms. The van der Waals surface area contributed by atoms with Gasteiger partial charge in [-0.05, 0) is 33.6 Å². The lowest BCUT2D eigenvalue weighted by Gasteiger charge is -2.21. The van der Waals surface area contributed by atoms with Crippen molar-refractivity contribution in [1.82, 2.24) is 0 Å². The maximum absolute atomic E-state index is 11.5. The number of carbonyl (C=O) groups is 2. The Labute approximate surface area is 120 Å². The highest BCUT2D eigenvalue weighted by Crippen LogP contribution is 2.12. The number of unbranched alkanes of at least 4 members (excludes halogenated alkanes) is 1. The van der Waals surface area contributed by atoms with Crippen molar-refractivity contribution in [3.05, 3.63) is 0 Å². The van der Waals surface area contributed by atoms with Crippen molar-refractivity contribution in [2.45, 2.75) is 77.7 Å². The van der Waals surface area contributed by atoms with Crippen LogP contribution in [0.3, 0.4) is 0 Å². The molecule has 0 aliphatic heterocycles. The third-order valence-electron chi connectivity index (χ3n) is 2.49. The first-order chi connectivity index (χ1) is 9.15. The summed E-state index contributed by atoms with van der Waals surface area (Å²) in [5.41, 5.74) is 5.17. The summed E-state index contributed by atoms with van der Waals surface area (Å²) >= 11 is 0. The number of hydrogen-bond donors (Lipinski definition) is 2. The molecule has 118 valence electrons. The van der Waals surface area contributed by atoms with Crippen molar-refractivity contribution in [3.63, 3.8) is 0 Å². The SMILES string of the molecule is CCCCC(OC(N)CCC(=O)OC(C)(C)C)C(=O)O. The van der Waals surface area contributed by atoms with Crippen LogP contribution in [0.1, 0.15) is 59.8 Å². The first-order valence-electron chi connectivity index (χ1n) is 7.01. The molecule has 0 bridgehead atoms. The van der Waals surface area contributed by atoms with Gasteiger partial charge in [-0.3, -0.25) is 4.79 Å². The van der Waals surface area contributed by atoms with Crippen LogP contribution in [0.25, 0.3) is 0 Å². The minimum absolute atomic E-state index is 0.110. The van der Waals surface area contributed by atoms with Crippen LogP contribution in [0, 0.1) is 0 Å². The van der Waals surface area contributed by atoms with Crippen LogP contribution in [0.15, 0.2) is 0 Å². The number of carbonyl (C=O) groups excluding carboxylic acids is 1. The van der Waals surface area contributed by atoms with E-state index < -0.39 is 23.9 Å². The van der Waals surface area contributed by atoms with Crippen molar-refractivity contribution in [2.24, 2.45) is 5.73 Å². The van der Waals surface area contributed by atoms with Gasteiger partial charge in [0.05, 0.1) is 0 Å². The summed E-state index contributed by atoms with van der Waals surface area (Å²) in [5, 5.41) is 9.01. The Morgan fingerprint density at radius 2 is 1.85 bits per heavy atom. The topological polar surface area (TPSA) is 98.9 Å². The van der Waals surface area contributed by atoms with Crippen molar-refractivity contribution >= 4 is 11.9 Å². The maximum Gasteiger partial charge on any atom is 0.332 e. The standard InChI is InChI=1S/C14H27NO5/c1-5-6-7-10(13(17)18)19-11(15)8-9-12(16)20-14(2,3)4/h10-11H,5-9,15H2,1-4H3,(H,17,18). The summed E-state index contributed by atoms with van der Waals surface area (Å²) in [6.45, 7) is 7.33. The summed E-state index contributed by atoms with van der Waals surface area (Å²) in [4.78, 5) is 22.5. The van der Waals surface area contributed by atoms with Crippen LogP contribution < -0.4 is 5.73 Å². The van der Waals surface area contributed by atoms with Gasteiger partial charge >= 0.3 is 11.9 Å². The lowest BCUT2D eigenvalue weighted by atomic mass is 10.1. The molecule has 0 saturated carbocycles. The molecule has 0 aliphatic rings. The monoisotopic (exact) mass is 289 g/mol. The molecule has 2 atom stereocenters. The average Bonchev–Trinajstić information content (AvgIpc) is 2.29. The molecule has 0 aromatic rings. The Kier molecular flexibility index (Phi) is 8.41. The first-order valence-corrected chi connectivity index (χ1v) is 7.01. The molecule has 0 spiro atoms. The van der Waals surface area contributed by atoms with E-state index in [1.54, 1.807) is 20.8 Å². The van der Waals surface area contributed by atoms with E-state index in [0.717, 1.165) is 12.8 Å². The van der Waals surface area contributed by atoms with E-state index in [2.05, 4.69) is 0 Å². The number of carboxylic acid groups (broad SMARTS) is 1. The summed E-state index contributed by atoms with van der Waals surface area (Å²) < 4.78 is 10.4. The largest absolute Gasteiger partial charge is 0.479 e. The Bertz CT molecular complexity index is 311. The third-order valence-corrected chi connectivity index (χ3v) is 2.49. The van der Waals surface area contributed by atoms with Crippen LogP contribution in [-0.4, -0.2) is 35.0 Å². The number of aliphatic carboxylic acids is 1. The molecule has 3 N–H and O–H groups in total. The van der Waals surface area contributed by atoms with E-state index in [-0.39, 0.29) is 18.8 Å². The van der Waals surface area contributed by atoms with Crippen molar-refractivity contribution in [1.29, 1.82) is 0 Å². The summed E-state index contributed by atoms with van der Waals surface area (Å²) in [6, 6.07) is 0. The van der Waals surface area contributed by atoms with Gasteiger partial charge < -0.3 is 20.3 Å². The predicted molar refractivity (Wildman–Crippen MR) is 75.1 cm³/mol. The van der Waals surface area contributed by atoms with E-state index in [0.29, 0.717) is 6.42 Å². The molecule has 0 rings (SSSR count). The molecule has 2 unspecified atom stereocenters. The number of hydrogen-bond acceptors (Lipinski definition) is 5. The van der Waals surface area contributed by atoms with Crippen molar-refractivity contribution < 1.29 is 24.2 Å². The van der Waals surface area contributed by atoms with Gasteiger partial charge in [-0.2, -0.15) is 0 Å². The Balaban J connectivity index is 4.10. The lowest BCUT2D eigenvalue weighted by molar-refractivity contribution is -0.158. The molecule has 0 aliphatic carbocycles. The zero-order chi connectivity index (χ0) is 15.8. The van der Waals surface area contributed by atoms with E-state index in [9.17, 15) is 9.59 Å². The highest BCUT2D eigenvalue weighted by molar-refractivity contribution is 5.72. The van der Waals surface area contributed by atoms with Crippen LogP contribution in [-0.2, 0) is 19.1 Å². The van der Waals surface area contributed by atoms with E-state index in [1.807, 2.05) is 6.92 Å². The summed E-state index contributed by atoms with van der Waals surface area (Å²) in [7, 11) is 0. The zero-order valence-corrected chi connectivity index (χ0v) is 12.8. The van der Waals surface area contributed by atoms with Crippen LogP contribution in [0.2, 0.25) is 0 Å². The molecule has 0 aromatic carbocycles. The van der Waals surface area contributed by atoms with Crippen LogP contribution in [0.5, 0.6) is 0 Å². The van der Waals surface area contributed by atoms with Crippen LogP contribution >= 0.6 is 0 Å². The zero-order valence-electron chi connectivity index (χ0n) is 12.8. The lowest BCUT2D eigenvalue weighted by Crippen LogP contribution is -2.35. The van der Waals surface area contributed by atoms with Gasteiger partial charge in [0, 0.05) is 6.42 Å². The molecule has 0 aromatic heterocycles. The molecule has 6 nitrogen and oxygen atoms in total. The minimum atomic E-state index is -1.02. The molecule has 0 fully saturated rings. The second kappa shape index (κ2) is 8.92. The second-order valence-corrected chi connectivity index (χ2v) is 5.77. The molecular formula is C14H27NO5. The Morgan fingerprint density at radius 1 is 1.25 bits per heavy atom. The van der Waals surface area contributed by atoms with E-state index in [4.69, 9.17) is 20.3 Å². The van der Waals surface area contributed by atoms with Gasteiger partial charge in [0.2, 0.25) is 0 Å². The normalized spacial score (nSPS) is 14.7. The Morgan fingerprint density at radius 3 is 2.30 bits per heavy atom. The molecule has 0 saturated heterocycles. The molecule has 0 radical (unpaired) electrons. The number of esters is 1. The first kappa shape index (κ1) is 18.9. The number of ether oxygens (including phenoxy) is 2. The van der Waals surface area contributed by atoms with Crippen LogP contribution in [0.4, 0.5) is 0 Å². The minimum Gasteiger partial charge on any atom is -0.479 e.